The molecule has 140 valence electrons. The number of rotatable bonds is 4. The van der Waals surface area contributed by atoms with Gasteiger partial charge in [-0.1, -0.05) is 23.7 Å². The molecule has 0 aliphatic heterocycles. The number of benzene rings is 2. The topological polar surface area (TPSA) is 46.9 Å². The zero-order chi connectivity index (χ0) is 19.7. The quantitative estimate of drug-likeness (QED) is 0.396. The van der Waals surface area contributed by atoms with Crippen LogP contribution in [0, 0.1) is 29.1 Å². The number of nitrogens with zero attached hydrogens (tertiary/aromatic N) is 2. The predicted octanol–water partition coefficient (Wildman–Crippen LogP) is 4.53. The molecule has 0 aliphatic rings. The van der Waals surface area contributed by atoms with Gasteiger partial charge in [0.15, 0.2) is 23.3 Å². The summed E-state index contributed by atoms with van der Waals surface area (Å²) >= 11 is 5.76. The van der Waals surface area contributed by atoms with E-state index < -0.39 is 40.7 Å². The van der Waals surface area contributed by atoms with Crippen molar-refractivity contribution in [2.45, 2.75) is 6.54 Å². The highest BCUT2D eigenvalue weighted by atomic mass is 35.5. The molecule has 1 heterocycles. The van der Waals surface area contributed by atoms with Gasteiger partial charge in [0.1, 0.15) is 5.69 Å². The molecule has 1 amide bonds. The lowest BCUT2D eigenvalue weighted by Crippen LogP contribution is -2.17. The number of carbonyl (C=O) groups excluding carboxylic acids is 1. The first-order valence-corrected chi connectivity index (χ1v) is 7.75. The summed E-state index contributed by atoms with van der Waals surface area (Å²) in [4.78, 5) is 12.2. The zero-order valence-electron chi connectivity index (χ0n) is 13.2. The summed E-state index contributed by atoms with van der Waals surface area (Å²) in [5.41, 5.74) is -0.866. The summed E-state index contributed by atoms with van der Waals surface area (Å²) in [5, 5.41) is 6.10. The first-order valence-electron chi connectivity index (χ1n) is 7.37. The van der Waals surface area contributed by atoms with E-state index in [1.54, 1.807) is 17.6 Å². The molecule has 27 heavy (non-hydrogen) atoms. The highest BCUT2D eigenvalue weighted by Crippen LogP contribution is 2.27. The largest absolute Gasteiger partial charge is 0.317 e. The number of halogens is 6. The van der Waals surface area contributed by atoms with Gasteiger partial charge in [-0.2, -0.15) is 5.10 Å². The second-order valence-electron chi connectivity index (χ2n) is 5.46. The van der Waals surface area contributed by atoms with Gasteiger partial charge in [-0.05, 0) is 17.7 Å². The van der Waals surface area contributed by atoms with Crippen LogP contribution in [-0.2, 0) is 6.54 Å². The van der Waals surface area contributed by atoms with Gasteiger partial charge in [0.25, 0.3) is 5.91 Å². The lowest BCUT2D eigenvalue weighted by Gasteiger charge is -2.10. The van der Waals surface area contributed by atoms with Crippen molar-refractivity contribution in [2.75, 3.05) is 5.32 Å². The Morgan fingerprint density at radius 1 is 1.04 bits per heavy atom. The van der Waals surface area contributed by atoms with Gasteiger partial charge in [-0.15, -0.1) is 0 Å². The maximum Gasteiger partial charge on any atom is 0.255 e. The molecule has 3 aromatic rings. The van der Waals surface area contributed by atoms with Gasteiger partial charge in [0.05, 0.1) is 17.8 Å². The summed E-state index contributed by atoms with van der Waals surface area (Å²) in [6, 6.07) is 5.86. The molecular weight excluding hydrogens is 393 g/mol. The Balaban J connectivity index is 1.86. The van der Waals surface area contributed by atoms with Crippen LogP contribution in [0.1, 0.15) is 15.9 Å². The van der Waals surface area contributed by atoms with Crippen LogP contribution in [0.25, 0.3) is 0 Å². The predicted molar refractivity (Wildman–Crippen MR) is 87.0 cm³/mol. The maximum atomic E-state index is 13.7. The molecule has 0 saturated carbocycles. The molecule has 0 bridgehead atoms. The standard InChI is InChI=1S/C17H9ClF5N3O/c18-10-5-24-26(7-10)6-8-2-1-3-9(4-8)17(27)25-16-14(22)12(20)11(19)13(21)15(16)23/h1-5,7H,6H2,(H,25,27). The van der Waals surface area contributed by atoms with E-state index in [2.05, 4.69) is 5.10 Å². The van der Waals surface area contributed by atoms with E-state index in [4.69, 9.17) is 11.6 Å². The van der Waals surface area contributed by atoms with E-state index in [1.807, 2.05) is 0 Å². The van der Waals surface area contributed by atoms with E-state index in [9.17, 15) is 26.7 Å². The smallest absolute Gasteiger partial charge is 0.255 e. The molecule has 1 N–H and O–H groups in total. The van der Waals surface area contributed by atoms with E-state index in [1.165, 1.54) is 29.1 Å². The van der Waals surface area contributed by atoms with Crippen LogP contribution in [0.4, 0.5) is 27.6 Å². The fraction of sp³-hybridized carbons (Fsp3) is 0.0588. The number of nitrogens with one attached hydrogen (secondary N) is 1. The fourth-order valence-corrected chi connectivity index (χ4v) is 2.48. The molecule has 0 spiro atoms. The number of hydrogen-bond acceptors (Lipinski definition) is 2. The Bertz CT molecular complexity index is 1010. The van der Waals surface area contributed by atoms with Crippen LogP contribution < -0.4 is 5.32 Å². The van der Waals surface area contributed by atoms with Crippen molar-refractivity contribution in [1.29, 1.82) is 0 Å². The van der Waals surface area contributed by atoms with Crippen LogP contribution >= 0.6 is 11.6 Å². The van der Waals surface area contributed by atoms with Crippen LogP contribution in [0.3, 0.4) is 0 Å². The van der Waals surface area contributed by atoms with Gasteiger partial charge in [0.2, 0.25) is 5.82 Å². The summed E-state index contributed by atoms with van der Waals surface area (Å²) in [5.74, 6) is -11.9. The average molecular weight is 402 g/mol. The molecule has 0 saturated heterocycles. The van der Waals surface area contributed by atoms with E-state index >= 15 is 0 Å². The minimum Gasteiger partial charge on any atom is -0.317 e. The molecule has 4 nitrogen and oxygen atoms in total. The highest BCUT2D eigenvalue weighted by molar-refractivity contribution is 6.30. The monoisotopic (exact) mass is 401 g/mol. The fourth-order valence-electron chi connectivity index (χ4n) is 2.32. The second-order valence-corrected chi connectivity index (χ2v) is 5.89. The van der Waals surface area contributed by atoms with Crippen molar-refractivity contribution in [2.24, 2.45) is 0 Å². The molecule has 3 rings (SSSR count). The maximum absolute atomic E-state index is 13.7. The van der Waals surface area contributed by atoms with Crippen LogP contribution in [0.5, 0.6) is 0 Å². The summed E-state index contributed by atoms with van der Waals surface area (Å²) in [6.45, 7) is 0.246. The van der Waals surface area contributed by atoms with Crippen molar-refractivity contribution in [3.05, 3.63) is 81.9 Å². The minimum atomic E-state index is -2.30. The van der Waals surface area contributed by atoms with Crippen molar-refractivity contribution in [3.63, 3.8) is 0 Å². The molecule has 0 atom stereocenters. The number of amides is 1. The molecular formula is C17H9ClF5N3O. The lowest BCUT2D eigenvalue weighted by molar-refractivity contribution is 0.102. The third-order valence-electron chi connectivity index (χ3n) is 3.58. The molecule has 0 fully saturated rings. The number of anilines is 1. The van der Waals surface area contributed by atoms with Crippen molar-refractivity contribution < 1.29 is 26.7 Å². The van der Waals surface area contributed by atoms with E-state index in [0.717, 1.165) is 0 Å². The van der Waals surface area contributed by atoms with E-state index in [-0.39, 0.29) is 12.1 Å². The molecule has 10 heteroatoms. The van der Waals surface area contributed by atoms with Crippen molar-refractivity contribution >= 4 is 23.2 Å². The minimum absolute atomic E-state index is 0.0466. The number of carbonyl (C=O) groups is 1. The SMILES string of the molecule is O=C(Nc1c(F)c(F)c(F)c(F)c1F)c1cccc(Cn2cc(Cl)cn2)c1. The van der Waals surface area contributed by atoms with Gasteiger partial charge in [-0.25, -0.2) is 22.0 Å². The Kier molecular flexibility index (Phi) is 5.13. The van der Waals surface area contributed by atoms with Gasteiger partial charge in [0, 0.05) is 11.8 Å². The summed E-state index contributed by atoms with van der Waals surface area (Å²) in [6.07, 6.45) is 2.96. The normalized spacial score (nSPS) is 10.9. The van der Waals surface area contributed by atoms with Crippen molar-refractivity contribution in [3.8, 4) is 0 Å². The highest BCUT2D eigenvalue weighted by Gasteiger charge is 2.27. The number of hydrogen-bond donors (Lipinski definition) is 1. The third-order valence-corrected chi connectivity index (χ3v) is 3.78. The Labute approximate surface area is 154 Å². The summed E-state index contributed by atoms with van der Waals surface area (Å²) in [7, 11) is 0. The molecule has 2 aromatic carbocycles. The first kappa shape index (κ1) is 18.8. The van der Waals surface area contributed by atoms with Gasteiger partial charge >= 0.3 is 0 Å². The van der Waals surface area contributed by atoms with Gasteiger partial charge in [-0.3, -0.25) is 9.48 Å². The Morgan fingerprint density at radius 2 is 1.67 bits per heavy atom. The second kappa shape index (κ2) is 7.36. The molecule has 0 aliphatic carbocycles. The van der Waals surface area contributed by atoms with Gasteiger partial charge < -0.3 is 5.32 Å². The van der Waals surface area contributed by atoms with Crippen LogP contribution in [0.2, 0.25) is 5.02 Å². The molecule has 0 radical (unpaired) electrons. The lowest BCUT2D eigenvalue weighted by atomic mass is 10.1. The average Bonchev–Trinajstić information content (AvgIpc) is 3.06. The van der Waals surface area contributed by atoms with Crippen LogP contribution in [-0.4, -0.2) is 15.7 Å². The zero-order valence-corrected chi connectivity index (χ0v) is 14.0. The Hall–Kier alpha value is -2.94. The van der Waals surface area contributed by atoms with Crippen molar-refractivity contribution in [1.82, 2.24) is 9.78 Å². The first-order chi connectivity index (χ1) is 12.8. The molecule has 0 unspecified atom stereocenters. The summed E-state index contributed by atoms with van der Waals surface area (Å²) < 4.78 is 68.4. The van der Waals surface area contributed by atoms with Crippen LogP contribution in [0.15, 0.2) is 36.7 Å². The van der Waals surface area contributed by atoms with E-state index in [0.29, 0.717) is 10.6 Å². The number of aromatic nitrogens is 2. The third kappa shape index (κ3) is 3.77. The molecule has 1 aromatic heterocycles. The Morgan fingerprint density at radius 3 is 2.26 bits per heavy atom.